The maximum atomic E-state index is 3.76. The number of hydrogen-bond donors (Lipinski definition) is 4. The lowest BCUT2D eigenvalue weighted by Gasteiger charge is -2.16. The van der Waals surface area contributed by atoms with E-state index in [-0.39, 0.29) is 0 Å². The van der Waals surface area contributed by atoms with Crippen LogP contribution in [0.5, 0.6) is 0 Å². The van der Waals surface area contributed by atoms with E-state index in [0.29, 0.717) is 12.0 Å². The molecule has 12 rings (SSSR count). The van der Waals surface area contributed by atoms with Crippen LogP contribution in [0, 0.1) is 0 Å². The van der Waals surface area contributed by atoms with Crippen molar-refractivity contribution in [3.8, 4) is 22.3 Å². The van der Waals surface area contributed by atoms with Crippen LogP contribution in [0.25, 0.3) is 88.4 Å². The quantitative estimate of drug-likeness (QED) is 0.146. The molecule has 4 heterocycles. The summed E-state index contributed by atoms with van der Waals surface area (Å²) < 4.78 is 0. The Bertz CT molecular complexity index is 3150. The Hall–Kier alpha value is -6.78. The van der Waals surface area contributed by atoms with Gasteiger partial charge in [-0.05, 0) is 130 Å². The first-order valence-corrected chi connectivity index (χ1v) is 19.1. The maximum Gasteiger partial charge on any atom is 0.0551 e. The number of rotatable bonds is 4. The molecule has 4 N–H and O–H groups in total. The Labute approximate surface area is 312 Å². The van der Waals surface area contributed by atoms with Crippen LogP contribution in [0.2, 0.25) is 0 Å². The van der Waals surface area contributed by atoms with Crippen LogP contribution in [0.15, 0.2) is 152 Å². The number of para-hydroxylation sites is 1. The van der Waals surface area contributed by atoms with Gasteiger partial charge in [0.2, 0.25) is 0 Å². The van der Waals surface area contributed by atoms with Crippen molar-refractivity contribution in [1.82, 2.24) is 15.0 Å². The number of hydrogen-bond acceptors (Lipinski definition) is 1. The number of fused-ring (bicyclic) bond motifs is 11. The second kappa shape index (κ2) is 11.4. The van der Waals surface area contributed by atoms with E-state index in [0.717, 1.165) is 18.4 Å². The van der Waals surface area contributed by atoms with Gasteiger partial charge in [-0.3, -0.25) is 0 Å². The van der Waals surface area contributed by atoms with Crippen molar-refractivity contribution in [1.29, 1.82) is 0 Å². The molecule has 3 aromatic heterocycles. The predicted octanol–water partition coefficient (Wildman–Crippen LogP) is 12.8. The monoisotopic (exact) mass is 692 g/mol. The van der Waals surface area contributed by atoms with E-state index >= 15 is 0 Å². The van der Waals surface area contributed by atoms with E-state index < -0.39 is 0 Å². The van der Waals surface area contributed by atoms with E-state index in [1.165, 1.54) is 105 Å². The Morgan fingerprint density at radius 3 is 2.11 bits per heavy atom. The SMILES string of the molecule is C1=CC2Nc3ccc(-c4ccc5[nH]c6cc7c(cc6c5c4)CCC=C7/C=C\c4c[nH]c5ccc(-c6ccc7[nH]c8ccccc8c7c6)cc45)cc3C2C=C1. The van der Waals surface area contributed by atoms with Gasteiger partial charge in [0.05, 0.1) is 6.04 Å². The molecule has 4 heteroatoms. The molecule has 54 heavy (non-hydrogen) atoms. The summed E-state index contributed by atoms with van der Waals surface area (Å²) in [6.45, 7) is 0. The van der Waals surface area contributed by atoms with Gasteiger partial charge in [-0.1, -0.05) is 85.0 Å². The van der Waals surface area contributed by atoms with Gasteiger partial charge in [-0.2, -0.15) is 0 Å². The fourth-order valence-electron chi connectivity index (χ4n) is 9.34. The highest BCUT2D eigenvalue weighted by molar-refractivity contribution is 6.11. The van der Waals surface area contributed by atoms with E-state index in [9.17, 15) is 0 Å². The smallest absolute Gasteiger partial charge is 0.0551 e. The van der Waals surface area contributed by atoms with Gasteiger partial charge in [-0.25, -0.2) is 0 Å². The Balaban J connectivity index is 0.870. The highest BCUT2D eigenvalue weighted by Gasteiger charge is 2.29. The number of benzene rings is 6. The molecule has 2 unspecified atom stereocenters. The molecule has 9 aromatic rings. The van der Waals surface area contributed by atoms with Crippen molar-refractivity contribution in [3.05, 3.63) is 174 Å². The first-order chi connectivity index (χ1) is 26.7. The molecule has 0 amide bonds. The molecule has 0 saturated heterocycles. The lowest BCUT2D eigenvalue weighted by Crippen LogP contribution is -2.17. The topological polar surface area (TPSA) is 59.4 Å². The highest BCUT2D eigenvalue weighted by atomic mass is 15.0. The summed E-state index contributed by atoms with van der Waals surface area (Å²) in [6, 6.07) is 41.0. The molecule has 2 aliphatic carbocycles. The van der Waals surface area contributed by atoms with Crippen LogP contribution in [-0.2, 0) is 6.42 Å². The summed E-state index contributed by atoms with van der Waals surface area (Å²) in [4.78, 5) is 10.8. The summed E-state index contributed by atoms with van der Waals surface area (Å²) in [5, 5.41) is 10.0. The van der Waals surface area contributed by atoms with Crippen molar-refractivity contribution in [2.24, 2.45) is 0 Å². The molecule has 3 aliphatic rings. The number of aryl methyl sites for hydroxylation is 1. The van der Waals surface area contributed by atoms with Crippen LogP contribution in [-0.4, -0.2) is 21.0 Å². The van der Waals surface area contributed by atoms with Crippen LogP contribution in [0.4, 0.5) is 5.69 Å². The normalized spacial score (nSPS) is 17.5. The third kappa shape index (κ3) is 4.56. The summed E-state index contributed by atoms with van der Waals surface area (Å²) >= 11 is 0. The summed E-state index contributed by atoms with van der Waals surface area (Å²) in [5.74, 6) is 0.394. The number of H-pyrrole nitrogens is 3. The lowest BCUT2D eigenvalue weighted by molar-refractivity contribution is 0.805. The molecule has 1 aliphatic heterocycles. The zero-order valence-corrected chi connectivity index (χ0v) is 29.6. The average Bonchev–Trinajstić information content (AvgIpc) is 3.99. The standard InChI is InChI=1S/C50H36N4/c1-3-10-45-36(8-1)40-23-31(15-19-47(40)52-45)30-14-18-44-39(22-30)35(28-51-44)13-12-29-6-5-7-34-26-43-42-25-33(17-21-49(42)54-50(43)27-38(29)34)32-16-20-48-41(24-32)37-9-2-4-11-46(37)53-48/h1-4,6,8-28,37,46,51-54H,5,7H2/b13-12-. The maximum absolute atomic E-state index is 3.76. The lowest BCUT2D eigenvalue weighted by atomic mass is 9.88. The first-order valence-electron chi connectivity index (χ1n) is 19.1. The highest BCUT2D eigenvalue weighted by Crippen LogP contribution is 2.42. The van der Waals surface area contributed by atoms with Gasteiger partial charge >= 0.3 is 0 Å². The number of anilines is 1. The van der Waals surface area contributed by atoms with Gasteiger partial charge < -0.3 is 20.3 Å². The first kappa shape index (κ1) is 29.8. The molecule has 0 spiro atoms. The van der Waals surface area contributed by atoms with Crippen LogP contribution >= 0.6 is 0 Å². The van der Waals surface area contributed by atoms with Gasteiger partial charge in [0.25, 0.3) is 0 Å². The Kier molecular flexibility index (Phi) is 6.26. The van der Waals surface area contributed by atoms with Crippen LogP contribution in [0.3, 0.4) is 0 Å². The number of allylic oxidation sites excluding steroid dienone is 5. The van der Waals surface area contributed by atoms with Crippen molar-refractivity contribution in [3.63, 3.8) is 0 Å². The molecule has 256 valence electrons. The van der Waals surface area contributed by atoms with Gasteiger partial charge in [0, 0.05) is 72.3 Å². The van der Waals surface area contributed by atoms with E-state index in [2.05, 4.69) is 178 Å². The second-order valence-electron chi connectivity index (χ2n) is 15.2. The molecular formula is C50H36N4. The molecular weight excluding hydrogens is 657 g/mol. The number of aromatic nitrogens is 3. The van der Waals surface area contributed by atoms with Crippen LogP contribution in [0.1, 0.15) is 34.6 Å². The average molecular weight is 693 g/mol. The van der Waals surface area contributed by atoms with Gasteiger partial charge in [-0.15, -0.1) is 0 Å². The molecule has 6 aromatic carbocycles. The van der Waals surface area contributed by atoms with E-state index in [1.54, 1.807) is 0 Å². The Morgan fingerprint density at radius 1 is 0.556 bits per heavy atom. The third-order valence-corrected chi connectivity index (χ3v) is 12.1. The minimum absolute atomic E-state index is 0.351. The zero-order valence-electron chi connectivity index (χ0n) is 29.6. The van der Waals surface area contributed by atoms with Gasteiger partial charge in [0.1, 0.15) is 0 Å². The zero-order chi connectivity index (χ0) is 35.3. The number of aromatic amines is 3. The van der Waals surface area contributed by atoms with Crippen molar-refractivity contribution in [2.45, 2.75) is 24.8 Å². The van der Waals surface area contributed by atoms with Crippen molar-refractivity contribution < 1.29 is 0 Å². The van der Waals surface area contributed by atoms with Gasteiger partial charge in [0.15, 0.2) is 0 Å². The van der Waals surface area contributed by atoms with Crippen molar-refractivity contribution in [2.75, 3.05) is 5.32 Å². The van der Waals surface area contributed by atoms with Crippen molar-refractivity contribution >= 4 is 71.9 Å². The molecule has 0 radical (unpaired) electrons. The summed E-state index contributed by atoms with van der Waals surface area (Å²) in [5.41, 5.74) is 18.7. The molecule has 4 nitrogen and oxygen atoms in total. The molecule has 0 fully saturated rings. The minimum Gasteiger partial charge on any atom is -0.378 e. The van der Waals surface area contributed by atoms with E-state index in [1.807, 2.05) is 0 Å². The Morgan fingerprint density at radius 2 is 1.24 bits per heavy atom. The molecule has 0 saturated carbocycles. The fourth-order valence-corrected chi connectivity index (χ4v) is 9.34. The van der Waals surface area contributed by atoms with Crippen LogP contribution < -0.4 is 5.32 Å². The number of nitrogens with one attached hydrogen (secondary N) is 4. The third-order valence-electron chi connectivity index (χ3n) is 12.1. The summed E-state index contributed by atoms with van der Waals surface area (Å²) in [7, 11) is 0. The summed E-state index contributed by atoms with van der Waals surface area (Å²) in [6.07, 6.45) is 20.1. The largest absolute Gasteiger partial charge is 0.378 e. The van der Waals surface area contributed by atoms with E-state index in [4.69, 9.17) is 0 Å². The molecule has 2 atom stereocenters. The fraction of sp³-hybridized carbons (Fsp3) is 0.0800. The molecule has 0 bridgehead atoms. The second-order valence-corrected chi connectivity index (χ2v) is 15.2. The minimum atomic E-state index is 0.351. The predicted molar refractivity (Wildman–Crippen MR) is 228 cm³/mol.